The Bertz CT molecular complexity index is 752. The second kappa shape index (κ2) is 8.86. The molecule has 1 aromatic carbocycles. The number of nitrogens with one attached hydrogen (secondary N) is 2. The van der Waals surface area contributed by atoms with Crippen LogP contribution in [0.1, 0.15) is 22.3 Å². The zero-order valence-corrected chi connectivity index (χ0v) is 14.6. The summed E-state index contributed by atoms with van der Waals surface area (Å²) in [4.78, 5) is 16.0. The normalized spacial score (nSPS) is 11.3. The molecule has 0 saturated heterocycles. The van der Waals surface area contributed by atoms with Crippen LogP contribution in [0.2, 0.25) is 5.02 Å². The van der Waals surface area contributed by atoms with E-state index < -0.39 is 11.7 Å². The monoisotopic (exact) mass is 387 g/mol. The number of methoxy groups -OCH3 is 1. The summed E-state index contributed by atoms with van der Waals surface area (Å²) in [7, 11) is 1.58. The molecule has 5 nitrogen and oxygen atoms in total. The molecule has 140 valence electrons. The van der Waals surface area contributed by atoms with E-state index >= 15 is 0 Å². The lowest BCUT2D eigenvalue weighted by Gasteiger charge is -2.12. The molecule has 0 fully saturated rings. The van der Waals surface area contributed by atoms with Gasteiger partial charge in [0.2, 0.25) is 0 Å². The first-order chi connectivity index (χ1) is 12.3. The number of amides is 1. The zero-order chi connectivity index (χ0) is 19.2. The van der Waals surface area contributed by atoms with Crippen molar-refractivity contribution in [2.75, 3.05) is 25.6 Å². The fourth-order valence-corrected chi connectivity index (χ4v) is 2.32. The maximum Gasteiger partial charge on any atom is 0.417 e. The van der Waals surface area contributed by atoms with Crippen molar-refractivity contribution < 1.29 is 22.7 Å². The Morgan fingerprint density at radius 1 is 1.27 bits per heavy atom. The van der Waals surface area contributed by atoms with Crippen molar-refractivity contribution in [3.8, 4) is 0 Å². The molecule has 2 aromatic rings. The molecule has 2 rings (SSSR count). The second-order valence-electron chi connectivity index (χ2n) is 5.35. The number of carbonyl (C=O) groups excluding carboxylic acids is 1. The van der Waals surface area contributed by atoms with E-state index in [9.17, 15) is 18.0 Å². The molecule has 1 amide bonds. The van der Waals surface area contributed by atoms with Gasteiger partial charge in [-0.1, -0.05) is 11.6 Å². The highest BCUT2D eigenvalue weighted by molar-refractivity contribution is 6.31. The van der Waals surface area contributed by atoms with Crippen LogP contribution < -0.4 is 10.6 Å². The number of alkyl halides is 3. The van der Waals surface area contributed by atoms with Crippen LogP contribution in [-0.4, -0.2) is 31.2 Å². The quantitative estimate of drug-likeness (QED) is 0.697. The highest BCUT2D eigenvalue weighted by Crippen LogP contribution is 2.36. The van der Waals surface area contributed by atoms with Crippen LogP contribution in [0.25, 0.3) is 0 Å². The molecule has 9 heteroatoms. The molecule has 26 heavy (non-hydrogen) atoms. The van der Waals surface area contributed by atoms with Gasteiger partial charge in [0.25, 0.3) is 5.91 Å². The summed E-state index contributed by atoms with van der Waals surface area (Å²) in [5.41, 5.74) is -0.401. The molecule has 0 aliphatic carbocycles. The third kappa shape index (κ3) is 5.60. The molecule has 1 heterocycles. The number of benzene rings is 1. The highest BCUT2D eigenvalue weighted by atomic mass is 35.5. The van der Waals surface area contributed by atoms with Gasteiger partial charge in [0.05, 0.1) is 16.1 Å². The van der Waals surface area contributed by atoms with Crippen LogP contribution in [0.4, 0.5) is 24.7 Å². The van der Waals surface area contributed by atoms with Crippen molar-refractivity contribution in [2.24, 2.45) is 0 Å². The van der Waals surface area contributed by atoms with E-state index in [2.05, 4.69) is 15.6 Å². The minimum Gasteiger partial charge on any atom is -0.385 e. The van der Waals surface area contributed by atoms with Gasteiger partial charge in [-0.3, -0.25) is 4.79 Å². The Morgan fingerprint density at radius 2 is 2.04 bits per heavy atom. The van der Waals surface area contributed by atoms with Gasteiger partial charge in [-0.2, -0.15) is 13.2 Å². The van der Waals surface area contributed by atoms with E-state index in [1.807, 2.05) is 0 Å². The van der Waals surface area contributed by atoms with Crippen LogP contribution in [0.15, 0.2) is 36.5 Å². The summed E-state index contributed by atoms with van der Waals surface area (Å²) in [6.07, 6.45) is -2.52. The molecule has 1 aromatic heterocycles. The SMILES string of the molecule is COCCCNC(=O)c1ccc(Nc2ccc(Cl)c(C(F)(F)F)c2)nc1. The Morgan fingerprint density at radius 3 is 2.65 bits per heavy atom. The summed E-state index contributed by atoms with van der Waals surface area (Å²) in [6, 6.07) is 6.51. The standard InChI is InChI=1S/C17H17ClF3N3O2/c1-26-8-2-7-22-16(25)11-3-6-15(23-10-11)24-12-4-5-14(18)13(9-12)17(19,20)21/h3-6,9-10H,2,7-8H2,1H3,(H,22,25)(H,23,24). The van der Waals surface area contributed by atoms with Crippen molar-refractivity contribution >= 4 is 29.0 Å². The van der Waals surface area contributed by atoms with Gasteiger partial charge in [0, 0.05) is 32.1 Å². The van der Waals surface area contributed by atoms with E-state index in [1.165, 1.54) is 24.4 Å². The number of rotatable bonds is 7. The van der Waals surface area contributed by atoms with Gasteiger partial charge in [-0.25, -0.2) is 4.98 Å². The minimum absolute atomic E-state index is 0.186. The molecular formula is C17H17ClF3N3O2. The molecule has 2 N–H and O–H groups in total. The molecule has 0 saturated carbocycles. The Hall–Kier alpha value is -2.32. The van der Waals surface area contributed by atoms with E-state index in [4.69, 9.17) is 16.3 Å². The molecule has 0 atom stereocenters. The predicted molar refractivity (Wildman–Crippen MR) is 92.8 cm³/mol. The number of anilines is 2. The smallest absolute Gasteiger partial charge is 0.385 e. The van der Waals surface area contributed by atoms with Crippen molar-refractivity contribution in [1.29, 1.82) is 0 Å². The fourth-order valence-electron chi connectivity index (χ4n) is 2.09. The van der Waals surface area contributed by atoms with E-state index in [0.717, 1.165) is 12.1 Å². The first-order valence-electron chi connectivity index (χ1n) is 7.68. The molecule has 0 aliphatic heterocycles. The number of halogens is 4. The Kier molecular flexibility index (Phi) is 6.82. The van der Waals surface area contributed by atoms with Gasteiger partial charge < -0.3 is 15.4 Å². The van der Waals surface area contributed by atoms with Gasteiger partial charge in [0.1, 0.15) is 5.82 Å². The number of aromatic nitrogens is 1. The van der Waals surface area contributed by atoms with E-state index in [-0.39, 0.29) is 16.6 Å². The second-order valence-corrected chi connectivity index (χ2v) is 5.76. The number of pyridine rings is 1. The van der Waals surface area contributed by atoms with Crippen LogP contribution >= 0.6 is 11.6 Å². The first kappa shape index (κ1) is 20.0. The summed E-state index contributed by atoms with van der Waals surface area (Å²) < 4.78 is 43.5. The molecule has 0 aliphatic rings. The topological polar surface area (TPSA) is 63.2 Å². The number of nitrogens with zero attached hydrogens (tertiary/aromatic N) is 1. The zero-order valence-electron chi connectivity index (χ0n) is 13.9. The summed E-state index contributed by atoms with van der Waals surface area (Å²) in [5.74, 6) is 0.0161. The Balaban J connectivity index is 2.02. The van der Waals surface area contributed by atoms with E-state index in [1.54, 1.807) is 7.11 Å². The van der Waals surface area contributed by atoms with Crippen molar-refractivity contribution in [2.45, 2.75) is 12.6 Å². The lowest BCUT2D eigenvalue weighted by molar-refractivity contribution is -0.137. The molecule has 0 spiro atoms. The lowest BCUT2D eigenvalue weighted by Crippen LogP contribution is -2.25. The van der Waals surface area contributed by atoms with Gasteiger partial charge in [-0.05, 0) is 36.8 Å². The average Bonchev–Trinajstić information content (AvgIpc) is 2.60. The fraction of sp³-hybridized carbons (Fsp3) is 0.294. The van der Waals surface area contributed by atoms with Crippen molar-refractivity contribution in [3.63, 3.8) is 0 Å². The largest absolute Gasteiger partial charge is 0.417 e. The minimum atomic E-state index is -4.55. The first-order valence-corrected chi connectivity index (χ1v) is 8.06. The summed E-state index contributed by atoms with van der Waals surface area (Å²) in [5, 5.41) is 5.09. The predicted octanol–water partition coefficient (Wildman–Crippen LogP) is 4.26. The van der Waals surface area contributed by atoms with Crippen LogP contribution in [0.3, 0.4) is 0 Å². The lowest BCUT2D eigenvalue weighted by atomic mass is 10.2. The molecule has 0 radical (unpaired) electrons. The molecular weight excluding hydrogens is 371 g/mol. The molecule has 0 bridgehead atoms. The van der Waals surface area contributed by atoms with Crippen LogP contribution in [0, 0.1) is 0 Å². The number of hydrogen-bond acceptors (Lipinski definition) is 4. The maximum absolute atomic E-state index is 12.9. The molecule has 0 unspecified atom stereocenters. The highest BCUT2D eigenvalue weighted by Gasteiger charge is 2.33. The third-order valence-corrected chi connectivity index (χ3v) is 3.71. The van der Waals surface area contributed by atoms with Crippen molar-refractivity contribution in [1.82, 2.24) is 10.3 Å². The van der Waals surface area contributed by atoms with Crippen molar-refractivity contribution in [3.05, 3.63) is 52.7 Å². The van der Waals surface area contributed by atoms with Gasteiger partial charge in [0.15, 0.2) is 0 Å². The van der Waals surface area contributed by atoms with E-state index in [0.29, 0.717) is 31.0 Å². The maximum atomic E-state index is 12.9. The van der Waals surface area contributed by atoms with Gasteiger partial charge >= 0.3 is 6.18 Å². The number of ether oxygens (including phenoxy) is 1. The Labute approximate surface area is 153 Å². The average molecular weight is 388 g/mol. The van der Waals surface area contributed by atoms with Gasteiger partial charge in [-0.15, -0.1) is 0 Å². The summed E-state index contributed by atoms with van der Waals surface area (Å²) in [6.45, 7) is 1.01. The number of carbonyl (C=O) groups is 1. The number of hydrogen-bond donors (Lipinski definition) is 2. The summed E-state index contributed by atoms with van der Waals surface area (Å²) >= 11 is 5.59. The van der Waals surface area contributed by atoms with Crippen LogP contribution in [-0.2, 0) is 10.9 Å². The van der Waals surface area contributed by atoms with Crippen LogP contribution in [0.5, 0.6) is 0 Å². The third-order valence-electron chi connectivity index (χ3n) is 3.38.